The number of carbonyl (C=O) groups is 1. The fourth-order valence-corrected chi connectivity index (χ4v) is 2.24. The van der Waals surface area contributed by atoms with E-state index in [9.17, 15) is 4.79 Å². The molecular weight excluding hydrogens is 334 g/mol. The molecule has 0 fully saturated rings. The predicted molar refractivity (Wildman–Crippen MR) is 82.1 cm³/mol. The first-order valence-corrected chi connectivity index (χ1v) is 7.14. The van der Waals surface area contributed by atoms with Crippen LogP contribution < -0.4 is 5.32 Å². The maximum absolute atomic E-state index is 12.1. The van der Waals surface area contributed by atoms with Crippen LogP contribution in [0, 0.1) is 0 Å². The summed E-state index contributed by atoms with van der Waals surface area (Å²) in [7, 11) is 0. The number of hydrogen-bond acceptors (Lipinski definition) is 3. The summed E-state index contributed by atoms with van der Waals surface area (Å²) < 4.78 is 7.47. The first-order chi connectivity index (χ1) is 10.2. The minimum absolute atomic E-state index is 0.245. The van der Waals surface area contributed by atoms with Gasteiger partial charge < -0.3 is 9.73 Å². The van der Waals surface area contributed by atoms with Crippen molar-refractivity contribution in [2.75, 3.05) is 5.32 Å². The lowest BCUT2D eigenvalue weighted by atomic mass is 10.2. The van der Waals surface area contributed by atoms with E-state index >= 15 is 0 Å². The van der Waals surface area contributed by atoms with Crippen LogP contribution in [0.25, 0.3) is 0 Å². The fourth-order valence-electron chi connectivity index (χ4n) is 1.94. The van der Waals surface area contributed by atoms with Gasteiger partial charge in [0.25, 0.3) is 5.91 Å². The van der Waals surface area contributed by atoms with Crippen LogP contribution in [0.15, 0.2) is 63.8 Å². The third-order valence-electron chi connectivity index (χ3n) is 2.93. The summed E-state index contributed by atoms with van der Waals surface area (Å²) in [5.74, 6) is 0.557. The number of nitrogens with zero attached hydrogens (tertiary/aromatic N) is 2. The number of benzene rings is 1. The summed E-state index contributed by atoms with van der Waals surface area (Å²) in [6, 6.07) is 15.0. The minimum Gasteiger partial charge on any atom is -0.444 e. The zero-order chi connectivity index (χ0) is 14.7. The maximum atomic E-state index is 12.1. The molecule has 21 heavy (non-hydrogen) atoms. The highest BCUT2D eigenvalue weighted by molar-refractivity contribution is 9.10. The van der Waals surface area contributed by atoms with Gasteiger partial charge in [0.2, 0.25) is 0 Å². The van der Waals surface area contributed by atoms with Gasteiger partial charge in [-0.15, -0.1) is 0 Å². The van der Waals surface area contributed by atoms with E-state index in [1.165, 1.54) is 0 Å². The van der Waals surface area contributed by atoms with Gasteiger partial charge in [0, 0.05) is 6.07 Å². The summed E-state index contributed by atoms with van der Waals surface area (Å²) in [4.78, 5) is 12.1. The Morgan fingerprint density at radius 3 is 2.71 bits per heavy atom. The van der Waals surface area contributed by atoms with Crippen molar-refractivity contribution in [1.29, 1.82) is 0 Å². The first kappa shape index (κ1) is 13.6. The molecule has 0 aliphatic carbocycles. The highest BCUT2D eigenvalue weighted by Gasteiger charge is 2.13. The van der Waals surface area contributed by atoms with Gasteiger partial charge in [-0.25, -0.2) is 4.68 Å². The van der Waals surface area contributed by atoms with E-state index in [0.29, 0.717) is 17.0 Å². The first-order valence-electron chi connectivity index (χ1n) is 6.35. The van der Waals surface area contributed by atoms with Crippen LogP contribution in [0.3, 0.4) is 0 Å². The number of rotatable bonds is 4. The predicted octanol–water partition coefficient (Wildman–Crippen LogP) is 3.54. The second-order valence-electron chi connectivity index (χ2n) is 4.42. The Balaban J connectivity index is 1.75. The number of furan rings is 1. The molecule has 2 aromatic heterocycles. The fraction of sp³-hybridized carbons (Fsp3) is 0.0667. The molecule has 3 aromatic rings. The minimum atomic E-state index is -0.310. The Morgan fingerprint density at radius 2 is 2.00 bits per heavy atom. The second kappa shape index (κ2) is 5.97. The molecule has 0 unspecified atom stereocenters. The third-order valence-corrected chi connectivity index (χ3v) is 3.36. The number of halogens is 1. The van der Waals surface area contributed by atoms with Crippen molar-refractivity contribution in [1.82, 2.24) is 9.78 Å². The molecule has 0 saturated heterocycles. The second-order valence-corrected chi connectivity index (χ2v) is 5.20. The van der Waals surface area contributed by atoms with Gasteiger partial charge in [-0.3, -0.25) is 4.79 Å². The molecule has 106 valence electrons. The van der Waals surface area contributed by atoms with E-state index < -0.39 is 0 Å². The average Bonchev–Trinajstić information content (AvgIpc) is 3.10. The summed E-state index contributed by atoms with van der Waals surface area (Å²) in [5.41, 5.74) is 1.11. The van der Waals surface area contributed by atoms with Crippen LogP contribution in [-0.2, 0) is 6.54 Å². The van der Waals surface area contributed by atoms with E-state index in [-0.39, 0.29) is 11.7 Å². The van der Waals surface area contributed by atoms with Crippen LogP contribution in [0.1, 0.15) is 16.1 Å². The highest BCUT2D eigenvalue weighted by Crippen LogP contribution is 2.16. The van der Waals surface area contributed by atoms with Crippen molar-refractivity contribution >= 4 is 27.7 Å². The lowest BCUT2D eigenvalue weighted by molar-refractivity contribution is 0.0994. The Bertz CT molecular complexity index is 749. The Morgan fingerprint density at radius 1 is 1.19 bits per heavy atom. The van der Waals surface area contributed by atoms with Crippen molar-refractivity contribution < 1.29 is 9.21 Å². The standard InChI is InChI=1S/C15H12BrN3O2/c16-13-7-6-12(21-13)15(20)18-14-8-9-17-19(14)10-11-4-2-1-3-5-11/h1-9H,10H2,(H,18,20). The van der Waals surface area contributed by atoms with E-state index in [1.54, 1.807) is 29.1 Å². The smallest absolute Gasteiger partial charge is 0.292 e. The van der Waals surface area contributed by atoms with Crippen molar-refractivity contribution in [3.63, 3.8) is 0 Å². The molecule has 0 spiro atoms. The molecular formula is C15H12BrN3O2. The van der Waals surface area contributed by atoms with Gasteiger partial charge >= 0.3 is 0 Å². The SMILES string of the molecule is O=C(Nc1ccnn1Cc1ccccc1)c1ccc(Br)o1. The topological polar surface area (TPSA) is 60.1 Å². The van der Waals surface area contributed by atoms with Gasteiger partial charge in [-0.05, 0) is 33.6 Å². The third kappa shape index (κ3) is 3.22. The quantitative estimate of drug-likeness (QED) is 0.786. The molecule has 0 aliphatic heterocycles. The monoisotopic (exact) mass is 345 g/mol. The number of nitrogens with one attached hydrogen (secondary N) is 1. The summed E-state index contributed by atoms with van der Waals surface area (Å²) >= 11 is 3.17. The molecule has 0 radical (unpaired) electrons. The van der Waals surface area contributed by atoms with Crippen molar-refractivity contribution in [2.45, 2.75) is 6.54 Å². The normalized spacial score (nSPS) is 10.5. The molecule has 0 bridgehead atoms. The van der Waals surface area contributed by atoms with Crippen LogP contribution in [-0.4, -0.2) is 15.7 Å². The van der Waals surface area contributed by atoms with Crippen LogP contribution in [0.4, 0.5) is 5.82 Å². The molecule has 6 heteroatoms. The number of amides is 1. The molecule has 1 N–H and O–H groups in total. The molecule has 0 atom stereocenters. The van der Waals surface area contributed by atoms with Crippen molar-refractivity contribution in [2.24, 2.45) is 0 Å². The highest BCUT2D eigenvalue weighted by atomic mass is 79.9. The van der Waals surface area contributed by atoms with Gasteiger partial charge in [-0.2, -0.15) is 5.10 Å². The van der Waals surface area contributed by atoms with E-state index in [4.69, 9.17) is 4.42 Å². The molecule has 1 aromatic carbocycles. The van der Waals surface area contributed by atoms with Crippen LogP contribution >= 0.6 is 15.9 Å². The van der Waals surface area contributed by atoms with Gasteiger partial charge in [-0.1, -0.05) is 30.3 Å². The molecule has 0 aliphatic rings. The van der Waals surface area contributed by atoms with Crippen LogP contribution in [0.2, 0.25) is 0 Å². The zero-order valence-electron chi connectivity index (χ0n) is 11.0. The Labute approximate surface area is 129 Å². The van der Waals surface area contributed by atoms with Gasteiger partial charge in [0.15, 0.2) is 10.4 Å². The average molecular weight is 346 g/mol. The van der Waals surface area contributed by atoms with Gasteiger partial charge in [0.05, 0.1) is 12.7 Å². The zero-order valence-corrected chi connectivity index (χ0v) is 12.6. The van der Waals surface area contributed by atoms with E-state index in [2.05, 4.69) is 26.3 Å². The Kier molecular flexibility index (Phi) is 3.87. The number of hydrogen-bond donors (Lipinski definition) is 1. The van der Waals surface area contributed by atoms with Crippen molar-refractivity contribution in [3.8, 4) is 0 Å². The molecule has 1 amide bonds. The van der Waals surface area contributed by atoms with E-state index in [1.807, 2.05) is 30.3 Å². The lowest BCUT2D eigenvalue weighted by Gasteiger charge is -2.08. The molecule has 2 heterocycles. The maximum Gasteiger partial charge on any atom is 0.292 e. The number of anilines is 1. The molecule has 3 rings (SSSR count). The summed E-state index contributed by atoms with van der Waals surface area (Å²) in [6.45, 7) is 0.589. The number of aromatic nitrogens is 2. The molecule has 5 nitrogen and oxygen atoms in total. The summed E-state index contributed by atoms with van der Waals surface area (Å²) in [5, 5.41) is 7.01. The summed E-state index contributed by atoms with van der Waals surface area (Å²) in [6.07, 6.45) is 1.65. The lowest BCUT2D eigenvalue weighted by Crippen LogP contribution is -2.15. The number of carbonyl (C=O) groups excluding carboxylic acids is 1. The van der Waals surface area contributed by atoms with Crippen molar-refractivity contribution in [3.05, 3.63) is 70.7 Å². The van der Waals surface area contributed by atoms with Gasteiger partial charge in [0.1, 0.15) is 5.82 Å². The van der Waals surface area contributed by atoms with Crippen LogP contribution in [0.5, 0.6) is 0 Å². The largest absolute Gasteiger partial charge is 0.444 e. The van der Waals surface area contributed by atoms with E-state index in [0.717, 1.165) is 5.56 Å². The Hall–Kier alpha value is -2.34. The molecule has 0 saturated carbocycles.